The van der Waals surface area contributed by atoms with E-state index in [1.807, 2.05) is 31.2 Å². The molecule has 150 valence electrons. The van der Waals surface area contributed by atoms with E-state index in [2.05, 4.69) is 5.32 Å². The lowest BCUT2D eigenvalue weighted by Gasteiger charge is -2.39. The molecule has 1 aliphatic rings. The number of carbonyl (C=O) groups is 2. The van der Waals surface area contributed by atoms with E-state index >= 15 is 0 Å². The van der Waals surface area contributed by atoms with Crippen LogP contribution < -0.4 is 10.1 Å². The van der Waals surface area contributed by atoms with E-state index in [4.69, 9.17) is 9.15 Å². The summed E-state index contributed by atoms with van der Waals surface area (Å²) in [7, 11) is 1.60. The van der Waals surface area contributed by atoms with E-state index in [9.17, 15) is 9.59 Å². The highest BCUT2D eigenvalue weighted by Crippen LogP contribution is 2.22. The van der Waals surface area contributed by atoms with Crippen molar-refractivity contribution < 1.29 is 18.7 Å². The molecule has 1 N–H and O–H groups in total. The monoisotopic (exact) mass is 393 g/mol. The van der Waals surface area contributed by atoms with Crippen molar-refractivity contribution in [3.05, 3.63) is 60.4 Å². The SMILES string of the molecule is COc1ccc(NC(=O)N2CCN(C(=O)c3cc4ccccc4o3)CC2C)cc1. The maximum absolute atomic E-state index is 12.8. The average Bonchev–Trinajstić information content (AvgIpc) is 3.18. The third kappa shape index (κ3) is 3.89. The van der Waals surface area contributed by atoms with Crippen molar-refractivity contribution in [2.24, 2.45) is 0 Å². The number of piperazine rings is 1. The average molecular weight is 393 g/mol. The summed E-state index contributed by atoms with van der Waals surface area (Å²) in [5, 5.41) is 3.80. The Labute approximate surface area is 168 Å². The zero-order chi connectivity index (χ0) is 20.4. The Balaban J connectivity index is 1.39. The molecule has 4 rings (SSSR count). The molecule has 1 aliphatic heterocycles. The molecule has 0 aliphatic carbocycles. The normalized spacial score (nSPS) is 16.7. The molecular weight excluding hydrogens is 370 g/mol. The summed E-state index contributed by atoms with van der Waals surface area (Å²) in [6, 6.07) is 16.2. The van der Waals surface area contributed by atoms with E-state index in [0.717, 1.165) is 11.1 Å². The second-order valence-corrected chi connectivity index (χ2v) is 7.10. The number of benzene rings is 2. The number of nitrogens with zero attached hydrogens (tertiary/aromatic N) is 2. The number of para-hydroxylation sites is 1. The molecule has 3 aromatic rings. The molecule has 1 fully saturated rings. The van der Waals surface area contributed by atoms with E-state index in [1.165, 1.54) is 0 Å². The predicted octanol–water partition coefficient (Wildman–Crippen LogP) is 3.82. The zero-order valence-corrected chi connectivity index (χ0v) is 16.4. The molecule has 1 unspecified atom stereocenters. The largest absolute Gasteiger partial charge is 0.497 e. The Kier molecular flexibility index (Phi) is 5.12. The molecule has 1 saturated heterocycles. The zero-order valence-electron chi connectivity index (χ0n) is 16.4. The van der Waals surface area contributed by atoms with Crippen LogP contribution in [0.1, 0.15) is 17.5 Å². The lowest BCUT2D eigenvalue weighted by atomic mass is 10.2. The van der Waals surface area contributed by atoms with Crippen molar-refractivity contribution in [1.82, 2.24) is 9.80 Å². The minimum absolute atomic E-state index is 0.115. The van der Waals surface area contributed by atoms with Gasteiger partial charge in [-0.15, -0.1) is 0 Å². The Morgan fingerprint density at radius 3 is 2.55 bits per heavy atom. The number of ether oxygens (including phenoxy) is 1. The Morgan fingerprint density at radius 2 is 1.86 bits per heavy atom. The number of urea groups is 1. The molecule has 7 heteroatoms. The Morgan fingerprint density at radius 1 is 1.10 bits per heavy atom. The standard InChI is InChI=1S/C22H23N3O4/c1-15-14-24(21(26)20-13-16-5-3-4-6-19(16)29-20)11-12-25(15)22(27)23-17-7-9-18(28-2)10-8-17/h3-10,13,15H,11-12,14H2,1-2H3,(H,23,27). The van der Waals surface area contributed by atoms with Gasteiger partial charge in [-0.25, -0.2) is 4.79 Å². The summed E-state index contributed by atoms with van der Waals surface area (Å²) < 4.78 is 10.8. The smallest absolute Gasteiger partial charge is 0.322 e. The van der Waals surface area contributed by atoms with Gasteiger partial charge in [-0.05, 0) is 43.3 Å². The number of methoxy groups -OCH3 is 1. The molecule has 29 heavy (non-hydrogen) atoms. The van der Waals surface area contributed by atoms with Crippen LogP contribution in [0.15, 0.2) is 59.0 Å². The fraction of sp³-hybridized carbons (Fsp3) is 0.273. The molecule has 1 atom stereocenters. The first-order chi connectivity index (χ1) is 14.0. The topological polar surface area (TPSA) is 75.0 Å². The van der Waals surface area contributed by atoms with E-state index in [-0.39, 0.29) is 18.0 Å². The van der Waals surface area contributed by atoms with Crippen LogP contribution in [0.2, 0.25) is 0 Å². The van der Waals surface area contributed by atoms with Crippen LogP contribution in [0.25, 0.3) is 11.0 Å². The number of hydrogen-bond acceptors (Lipinski definition) is 4. The maximum atomic E-state index is 12.8. The van der Waals surface area contributed by atoms with Gasteiger partial charge in [0.05, 0.1) is 7.11 Å². The third-order valence-electron chi connectivity index (χ3n) is 5.15. The highest BCUT2D eigenvalue weighted by molar-refractivity contribution is 5.96. The van der Waals surface area contributed by atoms with Gasteiger partial charge < -0.3 is 24.3 Å². The van der Waals surface area contributed by atoms with Crippen LogP contribution in [-0.2, 0) is 0 Å². The fourth-order valence-electron chi connectivity index (χ4n) is 3.56. The highest BCUT2D eigenvalue weighted by atomic mass is 16.5. The number of hydrogen-bond donors (Lipinski definition) is 1. The number of rotatable bonds is 3. The minimum atomic E-state index is -0.182. The second kappa shape index (κ2) is 7.87. The van der Waals surface area contributed by atoms with Gasteiger partial charge in [-0.3, -0.25) is 4.79 Å². The molecule has 0 saturated carbocycles. The lowest BCUT2D eigenvalue weighted by molar-refractivity contribution is 0.0565. The highest BCUT2D eigenvalue weighted by Gasteiger charge is 2.31. The van der Waals surface area contributed by atoms with E-state index in [1.54, 1.807) is 47.2 Å². The van der Waals surface area contributed by atoms with Gasteiger partial charge in [-0.2, -0.15) is 0 Å². The fourth-order valence-corrected chi connectivity index (χ4v) is 3.56. The summed E-state index contributed by atoms with van der Waals surface area (Å²) in [4.78, 5) is 29.0. The van der Waals surface area contributed by atoms with Crippen molar-refractivity contribution in [3.8, 4) is 5.75 Å². The van der Waals surface area contributed by atoms with Crippen LogP contribution in [0, 0.1) is 0 Å². The van der Waals surface area contributed by atoms with Crippen LogP contribution >= 0.6 is 0 Å². The quantitative estimate of drug-likeness (QED) is 0.734. The minimum Gasteiger partial charge on any atom is -0.497 e. The predicted molar refractivity (Wildman–Crippen MR) is 110 cm³/mol. The summed E-state index contributed by atoms with van der Waals surface area (Å²) in [6.45, 7) is 3.29. The van der Waals surface area contributed by atoms with Gasteiger partial charge >= 0.3 is 6.03 Å². The van der Waals surface area contributed by atoms with Crippen molar-refractivity contribution in [2.75, 3.05) is 32.1 Å². The van der Waals surface area contributed by atoms with Crippen molar-refractivity contribution in [3.63, 3.8) is 0 Å². The molecule has 2 heterocycles. The summed E-state index contributed by atoms with van der Waals surface area (Å²) in [5.41, 5.74) is 1.39. The van der Waals surface area contributed by atoms with Crippen LogP contribution in [0.4, 0.5) is 10.5 Å². The Bertz CT molecular complexity index is 995. The summed E-state index contributed by atoms with van der Waals surface area (Å²) >= 11 is 0. The molecule has 2 aromatic carbocycles. The Hall–Kier alpha value is -3.48. The molecular formula is C22H23N3O4. The van der Waals surface area contributed by atoms with Gasteiger partial charge in [0, 0.05) is 36.7 Å². The third-order valence-corrected chi connectivity index (χ3v) is 5.15. The number of carbonyl (C=O) groups excluding carboxylic acids is 2. The molecule has 3 amide bonds. The van der Waals surface area contributed by atoms with Gasteiger partial charge in [0.25, 0.3) is 5.91 Å². The lowest BCUT2D eigenvalue weighted by Crippen LogP contribution is -2.56. The summed E-state index contributed by atoms with van der Waals surface area (Å²) in [6.07, 6.45) is 0. The molecule has 1 aromatic heterocycles. The van der Waals surface area contributed by atoms with Crippen molar-refractivity contribution in [1.29, 1.82) is 0 Å². The first-order valence-corrected chi connectivity index (χ1v) is 9.54. The van der Waals surface area contributed by atoms with E-state index < -0.39 is 0 Å². The number of furan rings is 1. The van der Waals surface area contributed by atoms with Crippen molar-refractivity contribution >= 4 is 28.6 Å². The van der Waals surface area contributed by atoms with Crippen LogP contribution in [-0.4, -0.2) is 54.5 Å². The number of nitrogens with one attached hydrogen (secondary N) is 1. The molecule has 0 radical (unpaired) electrons. The number of fused-ring (bicyclic) bond motifs is 1. The van der Waals surface area contributed by atoms with Crippen LogP contribution in [0.3, 0.4) is 0 Å². The van der Waals surface area contributed by atoms with Gasteiger partial charge in [-0.1, -0.05) is 18.2 Å². The molecule has 7 nitrogen and oxygen atoms in total. The first kappa shape index (κ1) is 18.9. The van der Waals surface area contributed by atoms with Crippen molar-refractivity contribution in [2.45, 2.75) is 13.0 Å². The summed E-state index contributed by atoms with van der Waals surface area (Å²) in [5.74, 6) is 0.909. The van der Waals surface area contributed by atoms with Gasteiger partial charge in [0.2, 0.25) is 0 Å². The van der Waals surface area contributed by atoms with Gasteiger partial charge in [0.15, 0.2) is 5.76 Å². The van der Waals surface area contributed by atoms with Gasteiger partial charge in [0.1, 0.15) is 11.3 Å². The first-order valence-electron chi connectivity index (χ1n) is 9.54. The number of anilines is 1. The van der Waals surface area contributed by atoms with E-state index in [0.29, 0.717) is 36.7 Å². The second-order valence-electron chi connectivity index (χ2n) is 7.10. The molecule has 0 spiro atoms. The number of amides is 3. The van der Waals surface area contributed by atoms with Crippen LogP contribution in [0.5, 0.6) is 5.75 Å². The maximum Gasteiger partial charge on any atom is 0.322 e. The molecule has 0 bridgehead atoms.